The van der Waals surface area contributed by atoms with Crippen LogP contribution in [0.4, 0.5) is 9.93 Å². The standard InChI is InChI=1S/C29H24Cl2N4O3S/c30-19-3-8-22(9-4-19)38-29(36)35-14-11-23-24-17-20(31)5-10-25(24)34-26(23)27(35)18-1-6-21(7-2-18)37-15-12-32-28-33-13-16-39-28/h1-10,13,16-17,27,34H,11-12,14-15H2,(H,32,33). The smallest absolute Gasteiger partial charge is 0.416 e. The predicted octanol–water partition coefficient (Wildman–Crippen LogP) is 7.57. The molecule has 2 N–H and O–H groups in total. The first kappa shape index (κ1) is 25.6. The van der Waals surface area contributed by atoms with Crippen molar-refractivity contribution in [3.8, 4) is 11.5 Å². The number of amides is 1. The van der Waals surface area contributed by atoms with Gasteiger partial charge in [0.1, 0.15) is 24.1 Å². The van der Waals surface area contributed by atoms with Crippen LogP contribution in [0, 0.1) is 0 Å². The molecule has 0 saturated carbocycles. The fourth-order valence-electron chi connectivity index (χ4n) is 4.85. The van der Waals surface area contributed by atoms with E-state index < -0.39 is 6.09 Å². The summed E-state index contributed by atoms with van der Waals surface area (Å²) in [6.45, 7) is 1.63. The van der Waals surface area contributed by atoms with E-state index in [0.29, 0.717) is 41.9 Å². The summed E-state index contributed by atoms with van der Waals surface area (Å²) < 4.78 is 11.7. The third-order valence-corrected chi connectivity index (χ3v) is 7.84. The van der Waals surface area contributed by atoms with Crippen molar-refractivity contribution in [2.75, 3.05) is 25.0 Å². The molecule has 3 heterocycles. The summed E-state index contributed by atoms with van der Waals surface area (Å²) in [7, 11) is 0. The van der Waals surface area contributed by atoms with Gasteiger partial charge in [-0.15, -0.1) is 11.3 Å². The second kappa shape index (κ2) is 11.2. The molecule has 3 aromatic carbocycles. The molecule has 0 fully saturated rings. The molecule has 5 aromatic rings. The van der Waals surface area contributed by atoms with Gasteiger partial charge in [0.25, 0.3) is 0 Å². The van der Waals surface area contributed by atoms with Crippen molar-refractivity contribution in [3.05, 3.63) is 105 Å². The van der Waals surface area contributed by atoms with Gasteiger partial charge in [-0.3, -0.25) is 4.90 Å². The van der Waals surface area contributed by atoms with Gasteiger partial charge in [0.15, 0.2) is 5.13 Å². The van der Waals surface area contributed by atoms with Crippen LogP contribution in [0.15, 0.2) is 78.3 Å². The van der Waals surface area contributed by atoms with Crippen molar-refractivity contribution in [1.29, 1.82) is 0 Å². The number of anilines is 1. The third kappa shape index (κ3) is 5.54. The molecule has 1 aliphatic heterocycles. The Morgan fingerprint density at radius 2 is 1.82 bits per heavy atom. The van der Waals surface area contributed by atoms with Gasteiger partial charge in [-0.05, 0) is 72.1 Å². The molecule has 6 rings (SSSR count). The van der Waals surface area contributed by atoms with Crippen molar-refractivity contribution in [1.82, 2.24) is 14.9 Å². The lowest BCUT2D eigenvalue weighted by Crippen LogP contribution is -2.42. The number of H-pyrrole nitrogens is 1. The van der Waals surface area contributed by atoms with Crippen LogP contribution in [0.1, 0.15) is 22.9 Å². The Hall–Kier alpha value is -3.72. The Labute approximate surface area is 239 Å². The molecule has 1 aliphatic rings. The summed E-state index contributed by atoms with van der Waals surface area (Å²) in [5.41, 5.74) is 4.03. The Balaban J connectivity index is 1.26. The van der Waals surface area contributed by atoms with E-state index in [9.17, 15) is 4.79 Å². The fourth-order valence-corrected chi connectivity index (χ4v) is 5.71. The highest BCUT2D eigenvalue weighted by Crippen LogP contribution is 2.40. The highest BCUT2D eigenvalue weighted by molar-refractivity contribution is 7.13. The minimum Gasteiger partial charge on any atom is -0.492 e. The highest BCUT2D eigenvalue weighted by Gasteiger charge is 2.35. The third-order valence-electron chi connectivity index (χ3n) is 6.62. The van der Waals surface area contributed by atoms with Gasteiger partial charge >= 0.3 is 6.09 Å². The lowest BCUT2D eigenvalue weighted by molar-refractivity contribution is 0.135. The van der Waals surface area contributed by atoms with Crippen LogP contribution in [0.3, 0.4) is 0 Å². The number of thiazole rings is 1. The summed E-state index contributed by atoms with van der Waals surface area (Å²) >= 11 is 13.9. The minimum atomic E-state index is -0.432. The molecule has 198 valence electrons. The zero-order valence-electron chi connectivity index (χ0n) is 20.7. The van der Waals surface area contributed by atoms with Gasteiger partial charge < -0.3 is 19.8 Å². The number of aromatic amines is 1. The van der Waals surface area contributed by atoms with Gasteiger partial charge in [-0.1, -0.05) is 35.3 Å². The maximum absolute atomic E-state index is 13.5. The van der Waals surface area contributed by atoms with E-state index in [2.05, 4.69) is 15.3 Å². The van der Waals surface area contributed by atoms with Crippen LogP contribution in [0.25, 0.3) is 10.9 Å². The van der Waals surface area contributed by atoms with E-state index in [1.807, 2.05) is 47.8 Å². The number of aromatic nitrogens is 2. The number of hydrogen-bond donors (Lipinski definition) is 2. The molecule has 0 aliphatic carbocycles. The largest absolute Gasteiger partial charge is 0.492 e. The quantitative estimate of drug-likeness (QED) is 0.195. The first-order valence-corrected chi connectivity index (χ1v) is 14.1. The van der Waals surface area contributed by atoms with Crippen molar-refractivity contribution < 1.29 is 14.3 Å². The highest BCUT2D eigenvalue weighted by atomic mass is 35.5. The maximum Gasteiger partial charge on any atom is 0.416 e. The number of nitrogens with one attached hydrogen (secondary N) is 2. The molecule has 39 heavy (non-hydrogen) atoms. The van der Waals surface area contributed by atoms with E-state index in [1.165, 1.54) is 0 Å². The van der Waals surface area contributed by atoms with Crippen LogP contribution in [0.5, 0.6) is 11.5 Å². The minimum absolute atomic E-state index is 0.375. The number of hydrogen-bond acceptors (Lipinski definition) is 6. The molecule has 1 amide bonds. The molecule has 0 spiro atoms. The van der Waals surface area contributed by atoms with Gasteiger partial charge in [0.2, 0.25) is 0 Å². The Kier molecular flexibility index (Phi) is 7.32. The molecule has 2 aromatic heterocycles. The lowest BCUT2D eigenvalue weighted by Gasteiger charge is -2.35. The number of halogens is 2. The first-order chi connectivity index (χ1) is 19.0. The zero-order valence-corrected chi connectivity index (χ0v) is 23.0. The second-order valence-electron chi connectivity index (χ2n) is 9.06. The van der Waals surface area contributed by atoms with E-state index in [-0.39, 0.29) is 6.04 Å². The molecule has 7 nitrogen and oxygen atoms in total. The van der Waals surface area contributed by atoms with Crippen molar-refractivity contribution in [2.24, 2.45) is 0 Å². The van der Waals surface area contributed by atoms with Crippen molar-refractivity contribution in [3.63, 3.8) is 0 Å². The van der Waals surface area contributed by atoms with E-state index in [0.717, 1.165) is 38.6 Å². The molecule has 0 radical (unpaired) electrons. The molecule has 1 unspecified atom stereocenters. The first-order valence-electron chi connectivity index (χ1n) is 12.5. The van der Waals surface area contributed by atoms with Gasteiger partial charge in [0.05, 0.1) is 6.54 Å². The van der Waals surface area contributed by atoms with Crippen LogP contribution < -0.4 is 14.8 Å². The Morgan fingerprint density at radius 1 is 1.05 bits per heavy atom. The molecule has 1 atom stereocenters. The Morgan fingerprint density at radius 3 is 2.59 bits per heavy atom. The van der Waals surface area contributed by atoms with Gasteiger partial charge in [-0.25, -0.2) is 9.78 Å². The maximum atomic E-state index is 13.5. The van der Waals surface area contributed by atoms with Gasteiger partial charge in [0, 0.05) is 44.8 Å². The summed E-state index contributed by atoms with van der Waals surface area (Å²) in [6, 6.07) is 20.0. The Bertz CT molecular complexity index is 1590. The summed E-state index contributed by atoms with van der Waals surface area (Å²) in [5.74, 6) is 1.18. The van der Waals surface area contributed by atoms with Crippen LogP contribution >= 0.6 is 34.5 Å². The average Bonchev–Trinajstić information content (AvgIpc) is 3.60. The summed E-state index contributed by atoms with van der Waals surface area (Å²) in [4.78, 5) is 23.0. The van der Waals surface area contributed by atoms with E-state index >= 15 is 0 Å². The number of nitrogens with zero attached hydrogens (tertiary/aromatic N) is 2. The molecular weight excluding hydrogens is 555 g/mol. The SMILES string of the molecule is O=C(Oc1ccc(Cl)cc1)N1CCc2c([nH]c3ccc(Cl)cc23)C1c1ccc(OCCNc2nccs2)cc1. The van der Waals surface area contributed by atoms with Crippen molar-refractivity contribution in [2.45, 2.75) is 12.5 Å². The monoisotopic (exact) mass is 578 g/mol. The second-order valence-corrected chi connectivity index (χ2v) is 10.8. The number of carbonyl (C=O) groups excluding carboxylic acids is 1. The van der Waals surface area contributed by atoms with Crippen LogP contribution in [-0.2, 0) is 6.42 Å². The molecular formula is C29H24Cl2N4O3S. The van der Waals surface area contributed by atoms with E-state index in [4.69, 9.17) is 32.7 Å². The van der Waals surface area contributed by atoms with Gasteiger partial charge in [-0.2, -0.15) is 0 Å². The molecule has 0 bridgehead atoms. The fraction of sp³-hybridized carbons (Fsp3) is 0.172. The van der Waals surface area contributed by atoms with Crippen LogP contribution in [0.2, 0.25) is 10.0 Å². The average molecular weight is 580 g/mol. The van der Waals surface area contributed by atoms with Crippen molar-refractivity contribution >= 4 is 56.7 Å². The number of benzene rings is 3. The molecule has 0 saturated heterocycles. The zero-order chi connectivity index (χ0) is 26.8. The normalized spacial score (nSPS) is 14.7. The van der Waals surface area contributed by atoms with Crippen LogP contribution in [-0.4, -0.2) is 40.7 Å². The number of ether oxygens (including phenoxy) is 2. The summed E-state index contributed by atoms with van der Waals surface area (Å²) in [5, 5.41) is 8.35. The predicted molar refractivity (Wildman–Crippen MR) is 156 cm³/mol. The number of fused-ring (bicyclic) bond motifs is 3. The topological polar surface area (TPSA) is 79.5 Å². The lowest BCUT2D eigenvalue weighted by atomic mass is 9.92. The number of rotatable bonds is 7. The number of carbonyl (C=O) groups is 1. The molecule has 10 heteroatoms. The van der Waals surface area contributed by atoms with E-state index in [1.54, 1.807) is 46.7 Å². The summed E-state index contributed by atoms with van der Waals surface area (Å²) in [6.07, 6.45) is 2.01.